The molecule has 1 amide bonds. The average molecular weight is 521 g/mol. The van der Waals surface area contributed by atoms with Crippen LogP contribution in [0.15, 0.2) is 52.1 Å². The third-order valence-electron chi connectivity index (χ3n) is 5.67. The number of nitrogens with zero attached hydrogens (tertiary/aromatic N) is 3. The van der Waals surface area contributed by atoms with Gasteiger partial charge in [0, 0.05) is 0 Å². The topological polar surface area (TPSA) is 96.6 Å². The first-order valence-electron chi connectivity index (χ1n) is 12.5. The van der Waals surface area contributed by atoms with Crippen molar-refractivity contribution in [2.45, 2.75) is 47.0 Å². The van der Waals surface area contributed by atoms with E-state index in [0.717, 1.165) is 30.1 Å². The van der Waals surface area contributed by atoms with Crippen LogP contribution in [-0.2, 0) is 11.2 Å². The Kier molecular flexibility index (Phi) is 8.66. The lowest BCUT2D eigenvalue weighted by Crippen LogP contribution is -2.35. The maximum absolute atomic E-state index is 12.7. The summed E-state index contributed by atoms with van der Waals surface area (Å²) in [7, 11) is 0. The number of hydrogen-bond donors (Lipinski definition) is 1. The first kappa shape index (κ1) is 26.5. The predicted molar refractivity (Wildman–Crippen MR) is 149 cm³/mol. The van der Waals surface area contributed by atoms with Crippen molar-refractivity contribution in [3.8, 4) is 17.2 Å². The van der Waals surface area contributed by atoms with Crippen LogP contribution in [0.3, 0.4) is 0 Å². The number of aryl methyl sites for hydroxylation is 2. The van der Waals surface area contributed by atoms with Gasteiger partial charge in [-0.3, -0.25) is 10.2 Å². The minimum Gasteiger partial charge on any atom is -0.490 e. The molecule has 2 aliphatic rings. The van der Waals surface area contributed by atoms with Crippen LogP contribution in [0.25, 0.3) is 6.08 Å². The monoisotopic (exact) mass is 520 g/mol. The molecule has 2 aromatic rings. The molecule has 37 heavy (non-hydrogen) atoms. The zero-order valence-corrected chi connectivity index (χ0v) is 22.5. The molecule has 0 aromatic heterocycles. The van der Waals surface area contributed by atoms with Gasteiger partial charge in [-0.15, -0.1) is 0 Å². The van der Waals surface area contributed by atoms with E-state index in [9.17, 15) is 4.79 Å². The number of benzene rings is 2. The molecule has 0 saturated carbocycles. The normalized spacial score (nSPS) is 16.0. The summed E-state index contributed by atoms with van der Waals surface area (Å²) < 4.78 is 17.6. The molecule has 0 bridgehead atoms. The van der Waals surface area contributed by atoms with Crippen molar-refractivity contribution in [2.75, 3.05) is 19.8 Å². The van der Waals surface area contributed by atoms with Gasteiger partial charge in [-0.1, -0.05) is 26.0 Å². The van der Waals surface area contributed by atoms with Crippen LogP contribution in [0.2, 0.25) is 0 Å². The maximum atomic E-state index is 12.7. The minimum atomic E-state index is -0.450. The number of hydrogen-bond acceptors (Lipinski definition) is 7. The number of aliphatic imine (C=N–C) groups is 1. The molecule has 0 spiro atoms. The predicted octanol–water partition coefficient (Wildman–Crippen LogP) is 5.83. The van der Waals surface area contributed by atoms with Gasteiger partial charge in [-0.05, 0) is 91.9 Å². The number of amides is 1. The molecule has 2 aromatic carbocycles. The standard InChI is InChI=1S/C28H32N4O4S/c1-5-8-25-31-32-26(29)22(27(33)30-28(32)37-25)16-20-9-10-23(24(17-20)34-7-3)36-12-11-35-21-14-18(4)13-19(6-2)15-21/h9-10,13-17,29H,5-8,11-12H2,1-4H3/b22-16+,29-26?. The summed E-state index contributed by atoms with van der Waals surface area (Å²) in [5.74, 6) is 1.54. The molecule has 194 valence electrons. The van der Waals surface area contributed by atoms with Crippen molar-refractivity contribution in [3.63, 3.8) is 0 Å². The highest BCUT2D eigenvalue weighted by Crippen LogP contribution is 2.32. The molecule has 0 atom stereocenters. The number of ether oxygens (including phenoxy) is 3. The first-order chi connectivity index (χ1) is 17.9. The van der Waals surface area contributed by atoms with Gasteiger partial charge in [0.2, 0.25) is 5.17 Å². The fraction of sp³-hybridized carbons (Fsp3) is 0.357. The van der Waals surface area contributed by atoms with E-state index in [0.29, 0.717) is 42.1 Å². The van der Waals surface area contributed by atoms with Crippen molar-refractivity contribution in [1.29, 1.82) is 5.41 Å². The van der Waals surface area contributed by atoms with Gasteiger partial charge in [0.05, 0.1) is 12.2 Å². The SMILES string of the molecule is CCCC1=NN2C(=N)/C(=C\c3ccc(OCCOc4cc(C)cc(CC)c4)c(OCC)c3)C(=O)N=C2S1. The molecular formula is C28H32N4O4S. The molecule has 0 aliphatic carbocycles. The second kappa shape index (κ2) is 12.1. The van der Waals surface area contributed by atoms with Gasteiger partial charge in [0.15, 0.2) is 17.3 Å². The lowest BCUT2D eigenvalue weighted by atomic mass is 10.1. The van der Waals surface area contributed by atoms with Crippen molar-refractivity contribution >= 4 is 39.8 Å². The van der Waals surface area contributed by atoms with Gasteiger partial charge in [0.25, 0.3) is 5.91 Å². The summed E-state index contributed by atoms with van der Waals surface area (Å²) in [5, 5.41) is 15.7. The quantitative estimate of drug-likeness (QED) is 0.296. The summed E-state index contributed by atoms with van der Waals surface area (Å²) in [5.41, 5.74) is 3.29. The molecule has 2 heterocycles. The average Bonchev–Trinajstić information content (AvgIpc) is 3.28. The van der Waals surface area contributed by atoms with Crippen LogP contribution in [0.4, 0.5) is 0 Å². The van der Waals surface area contributed by atoms with Gasteiger partial charge in [-0.2, -0.15) is 15.1 Å². The second-order valence-electron chi connectivity index (χ2n) is 8.61. The summed E-state index contributed by atoms with van der Waals surface area (Å²) in [4.78, 5) is 16.8. The fourth-order valence-corrected chi connectivity index (χ4v) is 4.92. The number of fused-ring (bicyclic) bond motifs is 1. The van der Waals surface area contributed by atoms with Crippen LogP contribution in [0.5, 0.6) is 17.2 Å². The second-order valence-corrected chi connectivity index (χ2v) is 9.65. The lowest BCUT2D eigenvalue weighted by molar-refractivity contribution is -0.114. The number of amidine groups is 2. The third-order valence-corrected chi connectivity index (χ3v) is 6.64. The molecule has 1 N–H and O–H groups in total. The number of nitrogens with one attached hydrogen (secondary N) is 1. The van der Waals surface area contributed by atoms with Crippen LogP contribution in [0, 0.1) is 12.3 Å². The number of carbonyl (C=O) groups excluding carboxylic acids is 1. The smallest absolute Gasteiger partial charge is 0.283 e. The molecular weight excluding hydrogens is 488 g/mol. The van der Waals surface area contributed by atoms with Gasteiger partial charge >= 0.3 is 0 Å². The van der Waals surface area contributed by atoms with Gasteiger partial charge in [-0.25, -0.2) is 0 Å². The first-order valence-corrected chi connectivity index (χ1v) is 13.4. The summed E-state index contributed by atoms with van der Waals surface area (Å²) >= 11 is 1.35. The number of thioether (sulfide) groups is 1. The van der Waals surface area contributed by atoms with Gasteiger partial charge in [0.1, 0.15) is 24.0 Å². The highest BCUT2D eigenvalue weighted by molar-refractivity contribution is 8.26. The Morgan fingerprint density at radius 2 is 1.84 bits per heavy atom. The fourth-order valence-electron chi connectivity index (χ4n) is 3.94. The van der Waals surface area contributed by atoms with E-state index in [-0.39, 0.29) is 11.4 Å². The van der Waals surface area contributed by atoms with Gasteiger partial charge < -0.3 is 14.2 Å². The van der Waals surface area contributed by atoms with E-state index in [1.165, 1.54) is 27.9 Å². The Hall–Kier alpha value is -3.59. The molecule has 0 radical (unpaired) electrons. The van der Waals surface area contributed by atoms with Crippen molar-refractivity contribution < 1.29 is 19.0 Å². The van der Waals surface area contributed by atoms with Crippen LogP contribution >= 0.6 is 11.8 Å². The summed E-state index contributed by atoms with van der Waals surface area (Å²) in [6.07, 6.45) is 4.32. The van der Waals surface area contributed by atoms with Crippen LogP contribution in [0.1, 0.15) is 50.3 Å². The number of hydrazone groups is 1. The van der Waals surface area contributed by atoms with E-state index in [1.807, 2.05) is 19.1 Å². The zero-order valence-electron chi connectivity index (χ0n) is 21.7. The van der Waals surface area contributed by atoms with Crippen LogP contribution in [-0.4, -0.2) is 46.8 Å². The highest BCUT2D eigenvalue weighted by atomic mass is 32.2. The molecule has 0 fully saturated rings. The maximum Gasteiger partial charge on any atom is 0.283 e. The zero-order chi connectivity index (χ0) is 26.4. The van der Waals surface area contributed by atoms with E-state index in [2.05, 4.69) is 43.0 Å². The van der Waals surface area contributed by atoms with Crippen molar-refractivity contribution in [2.24, 2.45) is 10.1 Å². The number of rotatable bonds is 11. The van der Waals surface area contributed by atoms with E-state index in [1.54, 1.807) is 18.2 Å². The Morgan fingerprint density at radius 3 is 2.59 bits per heavy atom. The minimum absolute atomic E-state index is 0.0198. The van der Waals surface area contributed by atoms with E-state index >= 15 is 0 Å². The highest BCUT2D eigenvalue weighted by Gasteiger charge is 2.35. The van der Waals surface area contributed by atoms with Crippen LogP contribution < -0.4 is 14.2 Å². The Labute approximate surface area is 221 Å². The molecule has 2 aliphatic heterocycles. The molecule has 0 unspecified atom stereocenters. The molecule has 4 rings (SSSR count). The summed E-state index contributed by atoms with van der Waals surface area (Å²) in [6.45, 7) is 9.34. The Morgan fingerprint density at radius 1 is 1.03 bits per heavy atom. The lowest BCUT2D eigenvalue weighted by Gasteiger charge is -2.20. The largest absolute Gasteiger partial charge is 0.490 e. The molecule has 8 nitrogen and oxygen atoms in total. The van der Waals surface area contributed by atoms with Crippen molar-refractivity contribution in [1.82, 2.24) is 5.01 Å². The Bertz CT molecular complexity index is 1280. The molecule has 0 saturated heterocycles. The van der Waals surface area contributed by atoms with E-state index < -0.39 is 5.91 Å². The Balaban J connectivity index is 1.45. The summed E-state index contributed by atoms with van der Waals surface area (Å²) in [6, 6.07) is 11.6. The third kappa shape index (κ3) is 6.40. The van der Waals surface area contributed by atoms with Crippen molar-refractivity contribution in [3.05, 3.63) is 58.7 Å². The van der Waals surface area contributed by atoms with E-state index in [4.69, 9.17) is 19.6 Å². The number of carbonyl (C=O) groups is 1. The molecule has 9 heteroatoms.